The minimum absolute atomic E-state index is 0.213. The third-order valence-electron chi connectivity index (χ3n) is 4.34. The van der Waals surface area contributed by atoms with E-state index in [0.717, 1.165) is 36.3 Å². The second kappa shape index (κ2) is 6.39. The molecule has 124 valence electrons. The Labute approximate surface area is 133 Å². The van der Waals surface area contributed by atoms with Gasteiger partial charge in [0.1, 0.15) is 12.4 Å². The first-order valence-electron chi connectivity index (χ1n) is 7.93. The zero-order valence-corrected chi connectivity index (χ0v) is 13.4. The minimum Gasteiger partial charge on any atom is -0.468 e. The number of ether oxygens (including phenoxy) is 1. The fourth-order valence-corrected chi connectivity index (χ4v) is 3.07. The molecule has 3 heterocycles. The number of hydrogen-bond acceptors (Lipinski definition) is 6. The van der Waals surface area contributed by atoms with Gasteiger partial charge in [-0.1, -0.05) is 6.92 Å². The third-order valence-corrected chi connectivity index (χ3v) is 4.34. The van der Waals surface area contributed by atoms with Gasteiger partial charge in [0.15, 0.2) is 0 Å². The second-order valence-corrected chi connectivity index (χ2v) is 5.72. The molecule has 2 aromatic heterocycles. The van der Waals surface area contributed by atoms with Crippen LogP contribution in [0.2, 0.25) is 0 Å². The van der Waals surface area contributed by atoms with Gasteiger partial charge < -0.3 is 9.64 Å². The Bertz CT molecular complexity index is 766. The molecule has 1 atom stereocenters. The Hall–Kier alpha value is -2.38. The Morgan fingerprint density at radius 1 is 1.43 bits per heavy atom. The fourth-order valence-electron chi connectivity index (χ4n) is 3.07. The lowest BCUT2D eigenvalue weighted by atomic mass is 10.0. The van der Waals surface area contributed by atoms with Gasteiger partial charge in [-0.05, 0) is 31.7 Å². The summed E-state index contributed by atoms with van der Waals surface area (Å²) in [6.07, 6.45) is 6.28. The van der Waals surface area contributed by atoms with Gasteiger partial charge in [0.05, 0.1) is 7.11 Å². The molecular weight excluding hydrogens is 298 g/mol. The summed E-state index contributed by atoms with van der Waals surface area (Å²) in [5.41, 5.74) is -0.393. The van der Waals surface area contributed by atoms with Crippen LogP contribution in [0.3, 0.4) is 0 Å². The van der Waals surface area contributed by atoms with Gasteiger partial charge >= 0.3 is 11.7 Å². The molecule has 3 rings (SSSR count). The largest absolute Gasteiger partial charge is 0.468 e. The van der Waals surface area contributed by atoms with Crippen molar-refractivity contribution in [3.63, 3.8) is 0 Å². The molecule has 1 unspecified atom stereocenters. The Morgan fingerprint density at radius 2 is 2.26 bits per heavy atom. The van der Waals surface area contributed by atoms with E-state index < -0.39 is 11.7 Å². The molecular formula is C15H21N5O3. The van der Waals surface area contributed by atoms with Crippen LogP contribution in [0.5, 0.6) is 0 Å². The van der Waals surface area contributed by atoms with E-state index in [-0.39, 0.29) is 6.54 Å². The highest BCUT2D eigenvalue weighted by Crippen LogP contribution is 2.24. The average Bonchev–Trinajstić information content (AvgIpc) is 2.90. The number of piperidine rings is 1. The Morgan fingerprint density at radius 3 is 3.00 bits per heavy atom. The summed E-state index contributed by atoms with van der Waals surface area (Å²) in [6.45, 7) is 2.93. The molecule has 0 radical (unpaired) electrons. The maximum Gasteiger partial charge on any atom is 0.352 e. The zero-order chi connectivity index (χ0) is 16.4. The van der Waals surface area contributed by atoms with Gasteiger partial charge in [-0.3, -0.25) is 4.79 Å². The number of carbonyl (C=O) groups excluding carboxylic acids is 1. The first-order valence-corrected chi connectivity index (χ1v) is 7.93. The molecule has 0 bridgehead atoms. The predicted molar refractivity (Wildman–Crippen MR) is 84.5 cm³/mol. The number of aromatic nitrogens is 4. The first kappa shape index (κ1) is 15.5. The van der Waals surface area contributed by atoms with Crippen molar-refractivity contribution in [3.05, 3.63) is 22.7 Å². The van der Waals surface area contributed by atoms with Crippen LogP contribution in [-0.2, 0) is 16.1 Å². The van der Waals surface area contributed by atoms with Crippen LogP contribution >= 0.6 is 0 Å². The summed E-state index contributed by atoms with van der Waals surface area (Å²) in [4.78, 5) is 30.3. The van der Waals surface area contributed by atoms with E-state index in [9.17, 15) is 9.59 Å². The quantitative estimate of drug-likeness (QED) is 0.777. The molecule has 0 spiro atoms. The lowest BCUT2D eigenvalue weighted by Gasteiger charge is -2.36. The number of nitrogens with zero attached hydrogens (tertiary/aromatic N) is 5. The Balaban J connectivity index is 1.95. The van der Waals surface area contributed by atoms with Crippen LogP contribution < -0.4 is 10.6 Å². The number of methoxy groups -OCH3 is 1. The lowest BCUT2D eigenvalue weighted by Crippen LogP contribution is -2.39. The summed E-state index contributed by atoms with van der Waals surface area (Å²) >= 11 is 0. The molecule has 0 saturated carbocycles. The molecule has 2 aromatic rings. The van der Waals surface area contributed by atoms with Crippen LogP contribution in [0.4, 0.5) is 5.82 Å². The van der Waals surface area contributed by atoms with Gasteiger partial charge in [0.2, 0.25) is 0 Å². The van der Waals surface area contributed by atoms with Crippen molar-refractivity contribution in [2.24, 2.45) is 0 Å². The monoisotopic (exact) mass is 319 g/mol. The van der Waals surface area contributed by atoms with E-state index in [1.165, 1.54) is 17.9 Å². The van der Waals surface area contributed by atoms with Crippen molar-refractivity contribution in [3.8, 4) is 0 Å². The molecule has 0 aromatic carbocycles. The van der Waals surface area contributed by atoms with Crippen molar-refractivity contribution < 1.29 is 9.53 Å². The number of esters is 1. The molecule has 0 aliphatic carbocycles. The van der Waals surface area contributed by atoms with Crippen LogP contribution in [0, 0.1) is 0 Å². The van der Waals surface area contributed by atoms with Crippen molar-refractivity contribution >= 4 is 17.6 Å². The summed E-state index contributed by atoms with van der Waals surface area (Å²) in [6, 6.07) is 2.31. The fraction of sp³-hybridized carbons (Fsp3) is 0.600. The highest BCUT2D eigenvalue weighted by Gasteiger charge is 2.23. The highest BCUT2D eigenvalue weighted by atomic mass is 16.5. The van der Waals surface area contributed by atoms with Crippen LogP contribution in [0.25, 0.3) is 5.78 Å². The number of rotatable bonds is 4. The molecule has 1 aliphatic rings. The maximum absolute atomic E-state index is 12.2. The maximum atomic E-state index is 12.2. The van der Waals surface area contributed by atoms with Gasteiger partial charge in [0, 0.05) is 18.8 Å². The van der Waals surface area contributed by atoms with Crippen molar-refractivity contribution in [2.75, 3.05) is 18.6 Å². The topological polar surface area (TPSA) is 81.7 Å². The van der Waals surface area contributed by atoms with Crippen LogP contribution in [-0.4, -0.2) is 44.8 Å². The van der Waals surface area contributed by atoms with Crippen molar-refractivity contribution in [1.82, 2.24) is 19.2 Å². The smallest absolute Gasteiger partial charge is 0.352 e. The highest BCUT2D eigenvalue weighted by molar-refractivity contribution is 5.68. The molecule has 1 saturated heterocycles. The zero-order valence-electron chi connectivity index (χ0n) is 13.4. The molecule has 23 heavy (non-hydrogen) atoms. The summed E-state index contributed by atoms with van der Waals surface area (Å²) in [5.74, 6) is 0.619. The van der Waals surface area contributed by atoms with Crippen molar-refractivity contribution in [1.29, 1.82) is 0 Å². The normalized spacial score (nSPS) is 18.3. The standard InChI is InChI=1S/C15H21N5O3/c1-3-11-6-4-5-8-18(11)12-7-9-19-14(16-12)17-20(15(19)22)10-13(21)23-2/h7,9,11H,3-6,8,10H2,1-2H3. The van der Waals surface area contributed by atoms with Gasteiger partial charge in [-0.15, -0.1) is 5.10 Å². The molecule has 1 aliphatic heterocycles. The van der Waals surface area contributed by atoms with Gasteiger partial charge in [-0.25, -0.2) is 9.20 Å². The molecule has 0 amide bonds. The second-order valence-electron chi connectivity index (χ2n) is 5.72. The van der Waals surface area contributed by atoms with Crippen molar-refractivity contribution in [2.45, 2.75) is 45.2 Å². The molecule has 1 fully saturated rings. The summed E-state index contributed by atoms with van der Waals surface area (Å²) < 4.78 is 7.00. The number of fused-ring (bicyclic) bond motifs is 1. The Kier molecular flexibility index (Phi) is 4.31. The molecule has 0 N–H and O–H groups in total. The predicted octanol–water partition coefficient (Wildman–Crippen LogP) is 0.833. The lowest BCUT2D eigenvalue weighted by molar-refractivity contribution is -0.141. The van der Waals surface area contributed by atoms with Gasteiger partial charge in [-0.2, -0.15) is 9.67 Å². The van der Waals surface area contributed by atoms with E-state index in [4.69, 9.17) is 0 Å². The van der Waals surface area contributed by atoms with E-state index in [1.807, 2.05) is 6.07 Å². The first-order chi connectivity index (χ1) is 11.1. The van der Waals surface area contributed by atoms with E-state index in [1.54, 1.807) is 6.20 Å². The van der Waals surface area contributed by atoms with E-state index in [2.05, 4.69) is 26.6 Å². The number of anilines is 1. The average molecular weight is 319 g/mol. The summed E-state index contributed by atoms with van der Waals surface area (Å²) in [5, 5.41) is 4.14. The van der Waals surface area contributed by atoms with Gasteiger partial charge in [0.25, 0.3) is 5.78 Å². The summed E-state index contributed by atoms with van der Waals surface area (Å²) in [7, 11) is 1.28. The third kappa shape index (κ3) is 2.93. The number of carbonyl (C=O) groups is 1. The van der Waals surface area contributed by atoms with Crippen LogP contribution in [0.1, 0.15) is 32.6 Å². The SMILES string of the molecule is CCC1CCCCN1c1ccn2c(=O)n(CC(=O)OC)nc2n1. The molecule has 8 nitrogen and oxygen atoms in total. The molecule has 8 heteroatoms. The number of hydrogen-bond donors (Lipinski definition) is 0. The van der Waals surface area contributed by atoms with E-state index >= 15 is 0 Å². The minimum atomic E-state index is -0.516. The van der Waals surface area contributed by atoms with Crippen LogP contribution in [0.15, 0.2) is 17.1 Å². The van der Waals surface area contributed by atoms with E-state index in [0.29, 0.717) is 11.8 Å².